The summed E-state index contributed by atoms with van der Waals surface area (Å²) >= 11 is 1.78. The summed E-state index contributed by atoms with van der Waals surface area (Å²) in [4.78, 5) is 20.2. The first kappa shape index (κ1) is 24.3. The SMILES string of the molecule is Nc1nccc(Oc2c(F)cc(NC(=O)c3cnn(-c4ccccn4)c3C(F)(F)F)cc2F)c1I. The number of hydrogen-bond donors (Lipinski definition) is 2. The van der Waals surface area contributed by atoms with Crippen molar-refractivity contribution in [2.75, 3.05) is 11.1 Å². The van der Waals surface area contributed by atoms with Crippen LogP contribution in [0.5, 0.6) is 11.5 Å². The molecule has 0 unspecified atom stereocenters. The zero-order valence-corrected chi connectivity index (χ0v) is 19.3. The molecule has 180 valence electrons. The first-order valence-corrected chi connectivity index (χ1v) is 10.6. The van der Waals surface area contributed by atoms with Gasteiger partial charge < -0.3 is 15.8 Å². The normalized spacial score (nSPS) is 11.4. The average molecular weight is 602 g/mol. The number of anilines is 2. The summed E-state index contributed by atoms with van der Waals surface area (Å²) in [6.45, 7) is 0. The van der Waals surface area contributed by atoms with Crippen molar-refractivity contribution < 1.29 is 31.5 Å². The van der Waals surface area contributed by atoms with E-state index in [1.165, 1.54) is 36.7 Å². The Labute approximate surface area is 207 Å². The topological polar surface area (TPSA) is 108 Å². The summed E-state index contributed by atoms with van der Waals surface area (Å²) in [5.74, 6) is -4.58. The minimum Gasteiger partial charge on any atom is -0.450 e. The van der Waals surface area contributed by atoms with Gasteiger partial charge in [-0.15, -0.1) is 0 Å². The van der Waals surface area contributed by atoms with Crippen molar-refractivity contribution in [1.29, 1.82) is 0 Å². The molecule has 3 aromatic heterocycles. The predicted octanol–water partition coefficient (Wildman–Crippen LogP) is 5.19. The number of nitrogens with two attached hydrogens (primary N) is 1. The largest absolute Gasteiger partial charge is 0.450 e. The Kier molecular flexibility index (Phi) is 6.56. The highest BCUT2D eigenvalue weighted by Gasteiger charge is 2.41. The highest BCUT2D eigenvalue weighted by Crippen LogP contribution is 2.35. The van der Waals surface area contributed by atoms with E-state index in [-0.39, 0.29) is 17.4 Å². The maximum Gasteiger partial charge on any atom is 0.434 e. The van der Waals surface area contributed by atoms with Gasteiger partial charge in [0.1, 0.15) is 11.6 Å². The van der Waals surface area contributed by atoms with Gasteiger partial charge in [0.05, 0.1) is 15.3 Å². The third-order valence-corrected chi connectivity index (χ3v) is 5.58. The lowest BCUT2D eigenvalue weighted by Crippen LogP contribution is -2.21. The molecule has 0 aliphatic heterocycles. The molecule has 0 spiro atoms. The van der Waals surface area contributed by atoms with Gasteiger partial charge >= 0.3 is 6.18 Å². The molecular weight excluding hydrogens is 590 g/mol. The molecule has 0 aliphatic carbocycles. The third kappa shape index (κ3) is 5.01. The van der Waals surface area contributed by atoms with Crippen LogP contribution in [0.2, 0.25) is 0 Å². The zero-order valence-electron chi connectivity index (χ0n) is 17.1. The fourth-order valence-corrected chi connectivity index (χ4v) is 3.43. The number of nitrogens with zero attached hydrogens (tertiary/aromatic N) is 4. The second-order valence-corrected chi connectivity index (χ2v) is 7.92. The van der Waals surface area contributed by atoms with Crippen LogP contribution >= 0.6 is 22.6 Å². The molecule has 0 aliphatic rings. The number of rotatable bonds is 5. The van der Waals surface area contributed by atoms with Gasteiger partial charge in [0, 0.05) is 36.3 Å². The van der Waals surface area contributed by atoms with Crippen LogP contribution in [0.15, 0.2) is 55.0 Å². The lowest BCUT2D eigenvalue weighted by Gasteiger charge is -2.13. The molecular formula is C21H12F5IN6O2. The van der Waals surface area contributed by atoms with Crippen molar-refractivity contribution in [3.63, 3.8) is 0 Å². The number of amides is 1. The standard InChI is InChI=1S/C21H12F5IN6O2/c22-12-7-10(8-13(23)17(12)35-14-4-6-30-19(28)16(14)27)32-20(34)11-9-31-33(18(11)21(24,25)26)15-3-1-2-5-29-15/h1-9H,(H2,28,30)(H,32,34). The van der Waals surface area contributed by atoms with E-state index in [0.717, 1.165) is 0 Å². The Bertz CT molecular complexity index is 1390. The van der Waals surface area contributed by atoms with Gasteiger partial charge in [0.25, 0.3) is 5.91 Å². The van der Waals surface area contributed by atoms with Crippen LogP contribution < -0.4 is 15.8 Å². The number of pyridine rings is 2. The molecule has 0 atom stereocenters. The molecule has 8 nitrogen and oxygen atoms in total. The van der Waals surface area contributed by atoms with Gasteiger partial charge in [0.2, 0.25) is 0 Å². The van der Waals surface area contributed by atoms with Gasteiger partial charge in [-0.2, -0.15) is 18.3 Å². The summed E-state index contributed by atoms with van der Waals surface area (Å²) in [6, 6.07) is 6.94. The van der Waals surface area contributed by atoms with Crippen LogP contribution in [-0.2, 0) is 6.18 Å². The number of hydrogen-bond acceptors (Lipinski definition) is 6. The predicted molar refractivity (Wildman–Crippen MR) is 122 cm³/mol. The van der Waals surface area contributed by atoms with E-state index in [9.17, 15) is 26.7 Å². The first-order valence-electron chi connectivity index (χ1n) is 9.51. The van der Waals surface area contributed by atoms with E-state index >= 15 is 0 Å². The minimum atomic E-state index is -4.99. The molecule has 0 saturated heterocycles. The van der Waals surface area contributed by atoms with E-state index in [2.05, 4.69) is 15.1 Å². The summed E-state index contributed by atoms with van der Waals surface area (Å²) in [6.07, 6.45) is -1.76. The van der Waals surface area contributed by atoms with Crippen LogP contribution in [-0.4, -0.2) is 25.7 Å². The lowest BCUT2D eigenvalue weighted by atomic mass is 10.2. The molecule has 4 rings (SSSR count). The number of halogens is 6. The van der Waals surface area contributed by atoms with Crippen LogP contribution in [0.25, 0.3) is 5.82 Å². The number of benzene rings is 1. The number of carbonyl (C=O) groups excluding carboxylic acids is 1. The molecule has 0 bridgehead atoms. The molecule has 3 heterocycles. The van der Waals surface area contributed by atoms with Crippen molar-refractivity contribution in [1.82, 2.24) is 19.7 Å². The lowest BCUT2D eigenvalue weighted by molar-refractivity contribution is -0.143. The van der Waals surface area contributed by atoms with Crippen LogP contribution in [0.3, 0.4) is 0 Å². The van der Waals surface area contributed by atoms with Crippen molar-refractivity contribution in [3.05, 3.63) is 81.5 Å². The fraction of sp³-hybridized carbons (Fsp3) is 0.0476. The fourth-order valence-electron chi connectivity index (χ4n) is 3.00. The third-order valence-electron chi connectivity index (χ3n) is 4.50. The van der Waals surface area contributed by atoms with Crippen molar-refractivity contribution in [2.45, 2.75) is 6.18 Å². The minimum absolute atomic E-state index is 0.0319. The Morgan fingerprint density at radius 2 is 1.80 bits per heavy atom. The summed E-state index contributed by atoms with van der Waals surface area (Å²) in [7, 11) is 0. The zero-order chi connectivity index (χ0) is 25.3. The second kappa shape index (κ2) is 9.44. The van der Waals surface area contributed by atoms with Crippen LogP contribution in [0.1, 0.15) is 16.1 Å². The number of alkyl halides is 3. The Morgan fingerprint density at radius 1 is 1.09 bits per heavy atom. The number of nitrogen functional groups attached to an aromatic ring is 1. The van der Waals surface area contributed by atoms with Crippen LogP contribution in [0, 0.1) is 15.2 Å². The quantitative estimate of drug-likeness (QED) is 0.241. The van der Waals surface area contributed by atoms with Gasteiger partial charge in [-0.05, 0) is 34.7 Å². The summed E-state index contributed by atoms with van der Waals surface area (Å²) in [5, 5.41) is 5.67. The maximum atomic E-state index is 14.6. The molecule has 35 heavy (non-hydrogen) atoms. The Balaban J connectivity index is 1.64. The van der Waals surface area contributed by atoms with Crippen molar-refractivity contribution >= 4 is 40.0 Å². The van der Waals surface area contributed by atoms with Gasteiger partial charge in [0.15, 0.2) is 28.9 Å². The van der Waals surface area contributed by atoms with Gasteiger partial charge in [-0.3, -0.25) is 4.79 Å². The molecule has 0 fully saturated rings. The monoisotopic (exact) mass is 602 g/mol. The highest BCUT2D eigenvalue weighted by atomic mass is 127. The second-order valence-electron chi connectivity index (χ2n) is 6.84. The average Bonchev–Trinajstić information content (AvgIpc) is 3.26. The molecule has 0 radical (unpaired) electrons. The van der Waals surface area contributed by atoms with E-state index < -0.39 is 46.4 Å². The number of ether oxygens (including phenoxy) is 1. The molecule has 1 amide bonds. The van der Waals surface area contributed by atoms with E-state index in [1.54, 1.807) is 22.6 Å². The molecule has 3 N–H and O–H groups in total. The Hall–Kier alpha value is -3.82. The van der Waals surface area contributed by atoms with Crippen molar-refractivity contribution in [3.8, 4) is 17.3 Å². The molecule has 0 saturated carbocycles. The van der Waals surface area contributed by atoms with E-state index in [1.807, 2.05) is 5.32 Å². The first-order chi connectivity index (χ1) is 16.6. The summed E-state index contributed by atoms with van der Waals surface area (Å²) < 4.78 is 76.5. The van der Waals surface area contributed by atoms with Gasteiger partial charge in [-0.25, -0.2) is 23.4 Å². The number of carbonyl (C=O) groups is 1. The van der Waals surface area contributed by atoms with Crippen molar-refractivity contribution in [2.24, 2.45) is 0 Å². The smallest absolute Gasteiger partial charge is 0.434 e. The molecule has 1 aromatic carbocycles. The van der Waals surface area contributed by atoms with E-state index in [0.29, 0.717) is 26.6 Å². The van der Waals surface area contributed by atoms with Crippen LogP contribution in [0.4, 0.5) is 33.5 Å². The Morgan fingerprint density at radius 3 is 2.43 bits per heavy atom. The van der Waals surface area contributed by atoms with E-state index in [4.69, 9.17) is 10.5 Å². The van der Waals surface area contributed by atoms with Gasteiger partial charge in [-0.1, -0.05) is 6.07 Å². The molecule has 4 aromatic rings. The number of nitrogens with one attached hydrogen (secondary N) is 1. The summed E-state index contributed by atoms with van der Waals surface area (Å²) in [5.41, 5.74) is 2.92. The number of aromatic nitrogens is 4. The highest BCUT2D eigenvalue weighted by molar-refractivity contribution is 14.1. The maximum absolute atomic E-state index is 14.6. The molecule has 14 heteroatoms.